The maximum absolute atomic E-state index is 13.5. The molecule has 1 heterocycles. The molecule has 30 heavy (non-hydrogen) atoms. The van der Waals surface area contributed by atoms with E-state index in [0.29, 0.717) is 23.5 Å². The normalized spacial score (nSPS) is 27.7. The molecule has 1 amide bonds. The Kier molecular flexibility index (Phi) is 4.42. The number of nitrogens with one attached hydrogen (secondary N) is 1. The molecular formula is C24H23F2NO3. The molecule has 2 aromatic carbocycles. The largest absolute Gasteiger partial charge is 0.491 e. The number of carbonyl (C=O) groups excluding carboxylic acids is 2. The first kappa shape index (κ1) is 19.2. The van der Waals surface area contributed by atoms with Crippen molar-refractivity contribution in [2.75, 3.05) is 13.7 Å². The molecule has 0 aromatic heterocycles. The average molecular weight is 411 g/mol. The molecule has 2 fully saturated rings. The molecule has 156 valence electrons. The van der Waals surface area contributed by atoms with Crippen molar-refractivity contribution in [1.82, 2.24) is 5.32 Å². The minimum Gasteiger partial charge on any atom is -0.491 e. The van der Waals surface area contributed by atoms with Crippen molar-refractivity contribution < 1.29 is 23.1 Å². The van der Waals surface area contributed by atoms with Crippen LogP contribution in [-0.2, 0) is 0 Å². The Bertz CT molecular complexity index is 1010. The minimum atomic E-state index is -2.57. The fourth-order valence-corrected chi connectivity index (χ4v) is 5.29. The highest BCUT2D eigenvalue weighted by atomic mass is 19.3. The van der Waals surface area contributed by atoms with Crippen molar-refractivity contribution in [3.63, 3.8) is 0 Å². The number of Topliss-reactive ketones (excluding diaryl/α,β-unsaturated/α-hetero) is 1. The summed E-state index contributed by atoms with van der Waals surface area (Å²) in [5.74, 6) is -2.57. The van der Waals surface area contributed by atoms with E-state index in [9.17, 15) is 18.4 Å². The van der Waals surface area contributed by atoms with E-state index in [4.69, 9.17) is 4.74 Å². The van der Waals surface area contributed by atoms with Crippen molar-refractivity contribution in [3.8, 4) is 5.75 Å². The highest BCUT2D eigenvalue weighted by Gasteiger charge is 2.62. The molecule has 2 aliphatic carbocycles. The second kappa shape index (κ2) is 6.89. The summed E-state index contributed by atoms with van der Waals surface area (Å²) in [5.41, 5.74) is 2.69. The Morgan fingerprint density at radius 2 is 1.83 bits per heavy atom. The van der Waals surface area contributed by atoms with E-state index in [1.165, 1.54) is 0 Å². The number of rotatable bonds is 5. The lowest BCUT2D eigenvalue weighted by atomic mass is 9.89. The van der Waals surface area contributed by atoms with Crippen molar-refractivity contribution in [3.05, 3.63) is 64.7 Å². The lowest BCUT2D eigenvalue weighted by molar-refractivity contribution is -0.00847. The van der Waals surface area contributed by atoms with Gasteiger partial charge in [0, 0.05) is 43.4 Å². The monoisotopic (exact) mass is 411 g/mol. The van der Waals surface area contributed by atoms with Crippen LogP contribution < -0.4 is 10.1 Å². The average Bonchev–Trinajstić information content (AvgIpc) is 3.09. The molecule has 2 aromatic rings. The lowest BCUT2D eigenvalue weighted by Crippen LogP contribution is -2.19. The second-order valence-corrected chi connectivity index (χ2v) is 8.68. The molecule has 0 saturated heterocycles. The van der Waals surface area contributed by atoms with E-state index < -0.39 is 5.92 Å². The molecule has 0 spiro atoms. The Morgan fingerprint density at radius 1 is 1.13 bits per heavy atom. The van der Waals surface area contributed by atoms with Gasteiger partial charge in [0.05, 0.1) is 12.2 Å². The standard InChI is InChI=1S/C24H23F2NO3/c1-27-23(29)17-8-14(21(28)9-15-18-10-24(25,26)11-19(15)18)7-16-20(12-30-22(16)17)13-5-3-2-4-6-13/h2-8,15,18-20H,9-12H2,1H3,(H,27,29)/t15?,18-,19+,20?. The van der Waals surface area contributed by atoms with Crippen molar-refractivity contribution >= 4 is 11.7 Å². The van der Waals surface area contributed by atoms with Gasteiger partial charge in [-0.05, 0) is 35.4 Å². The topological polar surface area (TPSA) is 55.4 Å². The number of hydrogen-bond acceptors (Lipinski definition) is 3. The zero-order valence-corrected chi connectivity index (χ0v) is 16.7. The maximum Gasteiger partial charge on any atom is 0.254 e. The number of hydrogen-bond donors (Lipinski definition) is 1. The van der Waals surface area contributed by atoms with E-state index in [-0.39, 0.29) is 54.6 Å². The number of ether oxygens (including phenoxy) is 1. The third kappa shape index (κ3) is 3.18. The molecule has 0 bridgehead atoms. The van der Waals surface area contributed by atoms with Gasteiger partial charge in [-0.3, -0.25) is 9.59 Å². The molecule has 2 saturated carbocycles. The van der Waals surface area contributed by atoms with E-state index >= 15 is 0 Å². The Morgan fingerprint density at radius 3 is 2.50 bits per heavy atom. The predicted molar refractivity (Wildman–Crippen MR) is 107 cm³/mol. The summed E-state index contributed by atoms with van der Waals surface area (Å²) in [6, 6.07) is 13.2. The van der Waals surface area contributed by atoms with Crippen LogP contribution >= 0.6 is 0 Å². The molecule has 4 nitrogen and oxygen atoms in total. The molecule has 1 N–H and O–H groups in total. The highest BCUT2D eigenvalue weighted by molar-refractivity contribution is 6.03. The highest BCUT2D eigenvalue weighted by Crippen LogP contribution is 2.64. The summed E-state index contributed by atoms with van der Waals surface area (Å²) in [7, 11) is 1.54. The quantitative estimate of drug-likeness (QED) is 0.741. The van der Waals surface area contributed by atoms with E-state index in [0.717, 1.165) is 11.1 Å². The molecule has 5 rings (SSSR count). The van der Waals surface area contributed by atoms with Gasteiger partial charge in [-0.1, -0.05) is 30.3 Å². The zero-order chi connectivity index (χ0) is 21.0. The summed E-state index contributed by atoms with van der Waals surface area (Å²) in [4.78, 5) is 25.5. The minimum absolute atomic E-state index is 0.0370. The van der Waals surface area contributed by atoms with E-state index in [1.54, 1.807) is 13.1 Å². The van der Waals surface area contributed by atoms with Gasteiger partial charge < -0.3 is 10.1 Å². The van der Waals surface area contributed by atoms with Crippen LogP contribution in [0.2, 0.25) is 0 Å². The molecule has 4 atom stereocenters. The third-order valence-corrected chi connectivity index (χ3v) is 6.88. The van der Waals surface area contributed by atoms with Gasteiger partial charge in [0.2, 0.25) is 5.92 Å². The van der Waals surface area contributed by atoms with Crippen LogP contribution in [0, 0.1) is 17.8 Å². The predicted octanol–water partition coefficient (Wildman–Crippen LogP) is 4.43. The summed E-state index contributed by atoms with van der Waals surface area (Å²) >= 11 is 0. The van der Waals surface area contributed by atoms with Crippen LogP contribution in [0.3, 0.4) is 0 Å². The summed E-state index contributed by atoms with van der Waals surface area (Å²) in [6.07, 6.45) is 0.0503. The van der Waals surface area contributed by atoms with E-state index in [2.05, 4.69) is 5.32 Å². The van der Waals surface area contributed by atoms with Crippen LogP contribution in [0.25, 0.3) is 0 Å². The van der Waals surface area contributed by atoms with Gasteiger partial charge in [0.15, 0.2) is 5.78 Å². The summed E-state index contributed by atoms with van der Waals surface area (Å²) in [5, 5.41) is 2.61. The maximum atomic E-state index is 13.5. The number of carbonyl (C=O) groups is 2. The van der Waals surface area contributed by atoms with Crippen LogP contribution in [-0.4, -0.2) is 31.3 Å². The molecule has 1 aliphatic heterocycles. The van der Waals surface area contributed by atoms with Crippen LogP contribution in [0.15, 0.2) is 42.5 Å². The number of amides is 1. The van der Waals surface area contributed by atoms with Crippen LogP contribution in [0.1, 0.15) is 57.0 Å². The SMILES string of the molecule is CNC(=O)c1cc(C(=O)CC2[C@H]3CC(F)(F)C[C@@H]23)cc2c1OCC2c1ccccc1. The van der Waals surface area contributed by atoms with Gasteiger partial charge >= 0.3 is 0 Å². The van der Waals surface area contributed by atoms with Crippen molar-refractivity contribution in [2.24, 2.45) is 17.8 Å². The smallest absolute Gasteiger partial charge is 0.254 e. The van der Waals surface area contributed by atoms with Crippen molar-refractivity contribution in [2.45, 2.75) is 31.1 Å². The first-order valence-corrected chi connectivity index (χ1v) is 10.4. The number of ketones is 1. The van der Waals surface area contributed by atoms with Crippen LogP contribution in [0.5, 0.6) is 5.75 Å². The zero-order valence-electron chi connectivity index (χ0n) is 16.7. The van der Waals surface area contributed by atoms with Crippen molar-refractivity contribution in [1.29, 1.82) is 0 Å². The summed E-state index contributed by atoms with van der Waals surface area (Å²) in [6.45, 7) is 0.406. The molecule has 6 heteroatoms. The first-order chi connectivity index (χ1) is 14.4. The number of alkyl halides is 2. The third-order valence-electron chi connectivity index (χ3n) is 6.88. The fourth-order valence-electron chi connectivity index (χ4n) is 5.29. The number of benzene rings is 2. The number of halogens is 2. The molecule has 2 unspecified atom stereocenters. The molecule has 3 aliphatic rings. The molecule has 0 radical (unpaired) electrons. The van der Waals surface area contributed by atoms with Gasteiger partial charge in [0.1, 0.15) is 5.75 Å². The van der Waals surface area contributed by atoms with Gasteiger partial charge in [-0.15, -0.1) is 0 Å². The summed E-state index contributed by atoms with van der Waals surface area (Å²) < 4.78 is 32.8. The Labute approximate surface area is 173 Å². The Balaban J connectivity index is 1.45. The van der Waals surface area contributed by atoms with Gasteiger partial charge in [0.25, 0.3) is 5.91 Å². The molecular weight excluding hydrogens is 388 g/mol. The van der Waals surface area contributed by atoms with Gasteiger partial charge in [-0.2, -0.15) is 0 Å². The Hall–Kier alpha value is -2.76. The lowest BCUT2D eigenvalue weighted by Gasteiger charge is -2.14. The first-order valence-electron chi connectivity index (χ1n) is 10.4. The second-order valence-electron chi connectivity index (χ2n) is 8.68. The van der Waals surface area contributed by atoms with Crippen LogP contribution in [0.4, 0.5) is 8.78 Å². The van der Waals surface area contributed by atoms with E-state index in [1.807, 2.05) is 36.4 Å². The number of fused-ring (bicyclic) bond motifs is 2. The fraction of sp³-hybridized carbons (Fsp3) is 0.417. The van der Waals surface area contributed by atoms with Gasteiger partial charge in [-0.25, -0.2) is 8.78 Å².